The fourth-order valence-electron chi connectivity index (χ4n) is 5.30. The van der Waals surface area contributed by atoms with E-state index >= 15 is 0 Å². The number of hydrogen-bond acceptors (Lipinski definition) is 2. The third-order valence-electron chi connectivity index (χ3n) is 6.46. The van der Waals surface area contributed by atoms with Crippen LogP contribution in [0.3, 0.4) is 0 Å². The molecule has 0 radical (unpaired) electrons. The first-order chi connectivity index (χ1) is 13.7. The highest BCUT2D eigenvalue weighted by Crippen LogP contribution is 2.43. The lowest BCUT2D eigenvalue weighted by Gasteiger charge is -2.47. The maximum absolute atomic E-state index is 12.8. The Morgan fingerprint density at radius 2 is 2.04 bits per heavy atom. The summed E-state index contributed by atoms with van der Waals surface area (Å²) in [4.78, 5) is 18.8. The number of fused-ring (bicyclic) bond motifs is 2. The van der Waals surface area contributed by atoms with Crippen molar-refractivity contribution in [1.29, 1.82) is 0 Å². The fourth-order valence-corrected chi connectivity index (χ4v) is 5.30. The lowest BCUT2D eigenvalue weighted by Crippen LogP contribution is -2.56. The van der Waals surface area contributed by atoms with E-state index in [9.17, 15) is 4.79 Å². The van der Waals surface area contributed by atoms with Gasteiger partial charge in [-0.1, -0.05) is 37.3 Å². The fraction of sp³-hybridized carbons (Fsp3) is 0.375. The lowest BCUT2D eigenvalue weighted by molar-refractivity contribution is 0.0786. The van der Waals surface area contributed by atoms with Crippen molar-refractivity contribution in [2.24, 2.45) is 0 Å². The van der Waals surface area contributed by atoms with E-state index in [1.165, 1.54) is 22.0 Å². The van der Waals surface area contributed by atoms with Crippen molar-refractivity contribution >= 4 is 16.8 Å². The van der Waals surface area contributed by atoms with Gasteiger partial charge in [0.25, 0.3) is 5.91 Å². The zero-order valence-corrected chi connectivity index (χ0v) is 16.3. The van der Waals surface area contributed by atoms with Crippen LogP contribution in [-0.2, 0) is 6.42 Å². The molecular formula is C24H27N3O. The number of hydrogen-bond donors (Lipinski definition) is 2. The van der Waals surface area contributed by atoms with Crippen LogP contribution in [0.2, 0.25) is 0 Å². The van der Waals surface area contributed by atoms with Crippen LogP contribution in [0, 0.1) is 0 Å². The predicted molar refractivity (Wildman–Crippen MR) is 113 cm³/mol. The molecule has 0 saturated carbocycles. The maximum Gasteiger partial charge on any atom is 0.251 e. The van der Waals surface area contributed by atoms with Crippen molar-refractivity contribution < 1.29 is 4.79 Å². The summed E-state index contributed by atoms with van der Waals surface area (Å²) < 4.78 is 0. The van der Waals surface area contributed by atoms with Crippen LogP contribution in [0.5, 0.6) is 0 Å². The summed E-state index contributed by atoms with van der Waals surface area (Å²) in [6.07, 6.45) is 5.43. The highest BCUT2D eigenvalue weighted by Gasteiger charge is 2.40. The van der Waals surface area contributed by atoms with Crippen LogP contribution in [0.1, 0.15) is 47.2 Å². The van der Waals surface area contributed by atoms with Gasteiger partial charge >= 0.3 is 0 Å². The molecule has 2 heterocycles. The molecule has 1 aliphatic carbocycles. The molecule has 1 fully saturated rings. The number of amides is 1. The number of piperidine rings is 1. The quantitative estimate of drug-likeness (QED) is 0.724. The topological polar surface area (TPSA) is 48.1 Å². The number of carbonyl (C=O) groups is 1. The van der Waals surface area contributed by atoms with Gasteiger partial charge in [0, 0.05) is 47.2 Å². The number of nitrogens with zero attached hydrogens (tertiary/aromatic N) is 1. The van der Waals surface area contributed by atoms with E-state index < -0.39 is 0 Å². The van der Waals surface area contributed by atoms with Crippen LogP contribution >= 0.6 is 0 Å². The molecular weight excluding hydrogens is 346 g/mol. The molecule has 28 heavy (non-hydrogen) atoms. The molecule has 2 aliphatic rings. The molecule has 2 aromatic carbocycles. The Kier molecular flexibility index (Phi) is 4.44. The van der Waals surface area contributed by atoms with Crippen LogP contribution in [0.4, 0.5) is 0 Å². The first kappa shape index (κ1) is 17.5. The highest BCUT2D eigenvalue weighted by molar-refractivity contribution is 5.94. The number of H-pyrrole nitrogens is 1. The van der Waals surface area contributed by atoms with E-state index in [-0.39, 0.29) is 11.9 Å². The maximum atomic E-state index is 12.8. The highest BCUT2D eigenvalue weighted by atomic mass is 16.1. The Hall–Kier alpha value is -2.59. The Morgan fingerprint density at radius 3 is 2.86 bits per heavy atom. The van der Waals surface area contributed by atoms with Gasteiger partial charge in [-0.05, 0) is 55.1 Å². The van der Waals surface area contributed by atoms with Crippen LogP contribution in [-0.4, -0.2) is 41.0 Å². The van der Waals surface area contributed by atoms with E-state index in [1.54, 1.807) is 0 Å². The number of aromatic amines is 1. The van der Waals surface area contributed by atoms with Gasteiger partial charge in [0.15, 0.2) is 0 Å². The summed E-state index contributed by atoms with van der Waals surface area (Å²) in [5.41, 5.74) is 4.87. The number of benzene rings is 2. The molecule has 0 bridgehead atoms. The van der Waals surface area contributed by atoms with E-state index in [0.717, 1.165) is 37.9 Å². The minimum absolute atomic E-state index is 0.0388. The molecule has 3 atom stereocenters. The molecule has 0 unspecified atom stereocenters. The molecule has 0 spiro atoms. The Labute approximate surface area is 165 Å². The summed E-state index contributed by atoms with van der Waals surface area (Å²) in [5, 5.41) is 4.73. The molecule has 1 amide bonds. The number of carbonyl (C=O) groups excluding carboxylic acids is 1. The number of rotatable bonds is 4. The second-order valence-corrected chi connectivity index (χ2v) is 8.23. The minimum Gasteiger partial charge on any atom is -0.361 e. The monoisotopic (exact) mass is 373 g/mol. The van der Waals surface area contributed by atoms with Crippen molar-refractivity contribution in [3.8, 4) is 0 Å². The van der Waals surface area contributed by atoms with Crippen molar-refractivity contribution in [1.82, 2.24) is 15.2 Å². The largest absolute Gasteiger partial charge is 0.361 e. The minimum atomic E-state index is 0.0388. The van der Waals surface area contributed by atoms with E-state index in [1.807, 2.05) is 30.3 Å². The third kappa shape index (κ3) is 2.92. The second kappa shape index (κ2) is 7.10. The van der Waals surface area contributed by atoms with Crippen molar-refractivity contribution in [3.05, 3.63) is 71.4 Å². The SMILES string of the molecule is CCCN1C[C@@H](NC(=O)c2ccccc2)C[C@@H]2c3cccc4[nH]cc(c34)C[C@H]21. The smallest absolute Gasteiger partial charge is 0.251 e. The number of aromatic nitrogens is 1. The standard InChI is InChI=1S/C24H27N3O/c1-2-11-27-15-18(26-24(28)16-7-4-3-5-8-16)13-20-19-9-6-10-21-23(19)17(14-25-21)12-22(20)27/h3-10,14,18,20,22,25H,2,11-13,15H2,1H3,(H,26,28)/t18-,20+,22+/m0/s1. The van der Waals surface area contributed by atoms with E-state index in [4.69, 9.17) is 0 Å². The van der Waals surface area contributed by atoms with Crippen molar-refractivity contribution in [3.63, 3.8) is 0 Å². The van der Waals surface area contributed by atoms with Crippen LogP contribution in [0.25, 0.3) is 10.9 Å². The third-order valence-corrected chi connectivity index (χ3v) is 6.46. The predicted octanol–water partition coefficient (Wildman–Crippen LogP) is 4.09. The summed E-state index contributed by atoms with van der Waals surface area (Å²) in [6.45, 7) is 4.25. The van der Waals surface area contributed by atoms with Gasteiger partial charge in [-0.25, -0.2) is 0 Å². The van der Waals surface area contributed by atoms with Crippen LogP contribution < -0.4 is 5.32 Å². The normalized spacial score (nSPS) is 24.1. The molecule has 1 aromatic heterocycles. The zero-order chi connectivity index (χ0) is 19.1. The van der Waals surface area contributed by atoms with Gasteiger partial charge in [0.1, 0.15) is 0 Å². The van der Waals surface area contributed by atoms with Gasteiger partial charge in [0.2, 0.25) is 0 Å². The molecule has 2 N–H and O–H groups in total. The lowest BCUT2D eigenvalue weighted by atomic mass is 9.73. The first-order valence-corrected chi connectivity index (χ1v) is 10.4. The van der Waals surface area contributed by atoms with Gasteiger partial charge in [0.05, 0.1) is 0 Å². The average molecular weight is 374 g/mol. The Balaban J connectivity index is 1.45. The molecule has 4 nitrogen and oxygen atoms in total. The summed E-state index contributed by atoms with van der Waals surface area (Å²) >= 11 is 0. The van der Waals surface area contributed by atoms with Crippen molar-refractivity contribution in [2.75, 3.05) is 13.1 Å². The molecule has 3 aromatic rings. The van der Waals surface area contributed by atoms with Crippen LogP contribution in [0.15, 0.2) is 54.7 Å². The number of likely N-dealkylation sites (tertiary alicyclic amines) is 1. The van der Waals surface area contributed by atoms with E-state index in [0.29, 0.717) is 12.0 Å². The van der Waals surface area contributed by atoms with Gasteiger partial charge in [-0.15, -0.1) is 0 Å². The molecule has 1 aliphatic heterocycles. The Morgan fingerprint density at radius 1 is 1.18 bits per heavy atom. The van der Waals surface area contributed by atoms with Gasteiger partial charge < -0.3 is 10.3 Å². The first-order valence-electron chi connectivity index (χ1n) is 10.4. The Bertz CT molecular complexity index is 994. The molecule has 5 rings (SSSR count). The summed E-state index contributed by atoms with van der Waals surface area (Å²) in [7, 11) is 0. The molecule has 144 valence electrons. The zero-order valence-electron chi connectivity index (χ0n) is 16.3. The van der Waals surface area contributed by atoms with E-state index in [2.05, 4.69) is 46.5 Å². The number of nitrogens with one attached hydrogen (secondary N) is 2. The second-order valence-electron chi connectivity index (χ2n) is 8.23. The molecule has 4 heteroatoms. The van der Waals surface area contributed by atoms with Gasteiger partial charge in [-0.3, -0.25) is 9.69 Å². The van der Waals surface area contributed by atoms with Crippen molar-refractivity contribution in [2.45, 2.75) is 44.2 Å². The molecule has 1 saturated heterocycles. The van der Waals surface area contributed by atoms with Gasteiger partial charge in [-0.2, -0.15) is 0 Å². The summed E-state index contributed by atoms with van der Waals surface area (Å²) in [5.74, 6) is 0.505. The summed E-state index contributed by atoms with van der Waals surface area (Å²) in [6, 6.07) is 16.9. The average Bonchev–Trinajstić information content (AvgIpc) is 3.14.